The van der Waals surface area contributed by atoms with Crippen molar-refractivity contribution in [1.82, 2.24) is 0 Å². The first kappa shape index (κ1) is 22.4. The molecule has 0 aliphatic carbocycles. The van der Waals surface area contributed by atoms with Gasteiger partial charge in [0, 0.05) is 27.9 Å². The van der Waals surface area contributed by atoms with E-state index in [0.717, 1.165) is 10.5 Å². The number of aryl methyl sites for hydroxylation is 1. The lowest BCUT2D eigenvalue weighted by Gasteiger charge is -2.16. The molecule has 6 heteroatoms. The van der Waals surface area contributed by atoms with Gasteiger partial charge in [-0.1, -0.05) is 37.3 Å². The molecule has 0 radical (unpaired) electrons. The van der Waals surface area contributed by atoms with Crippen LogP contribution < -0.4 is 15.4 Å². The summed E-state index contributed by atoms with van der Waals surface area (Å²) in [5.41, 5.74) is 2.96. The Morgan fingerprint density at radius 1 is 0.935 bits per heavy atom. The third-order valence-corrected chi connectivity index (χ3v) is 6.12. The zero-order valence-corrected chi connectivity index (χ0v) is 18.7. The van der Waals surface area contributed by atoms with Gasteiger partial charge in [-0.25, -0.2) is 0 Å². The average molecular weight is 435 g/mol. The first-order valence-corrected chi connectivity index (χ1v) is 11.0. The zero-order valence-electron chi connectivity index (χ0n) is 17.8. The molecule has 0 fully saturated rings. The first-order valence-electron chi connectivity index (χ1n) is 10.1. The standard InChI is InChI=1S/C25H26N2O3S/c1-4-23(25(29)27-18-10-7-12-20(15-18)30-3)31-21-13-8-11-19(16-21)26-24(28)22-14-6-5-9-17(22)2/h5-16,23H,4H2,1-3H3,(H,26,28)(H,27,29). The lowest BCUT2D eigenvalue weighted by molar-refractivity contribution is -0.115. The van der Waals surface area contributed by atoms with Crippen LogP contribution in [0.3, 0.4) is 0 Å². The van der Waals surface area contributed by atoms with Gasteiger partial charge in [0.25, 0.3) is 5.91 Å². The summed E-state index contributed by atoms with van der Waals surface area (Å²) >= 11 is 1.47. The van der Waals surface area contributed by atoms with E-state index in [1.165, 1.54) is 11.8 Å². The molecule has 3 rings (SSSR count). The lowest BCUT2D eigenvalue weighted by Crippen LogP contribution is -2.24. The van der Waals surface area contributed by atoms with Crippen LogP contribution in [0, 0.1) is 6.92 Å². The maximum absolute atomic E-state index is 12.8. The molecule has 31 heavy (non-hydrogen) atoms. The zero-order chi connectivity index (χ0) is 22.2. The van der Waals surface area contributed by atoms with Crippen molar-refractivity contribution in [2.45, 2.75) is 30.4 Å². The molecular weight excluding hydrogens is 408 g/mol. The highest BCUT2D eigenvalue weighted by Gasteiger charge is 2.19. The summed E-state index contributed by atoms with van der Waals surface area (Å²) in [6, 6.07) is 22.3. The maximum Gasteiger partial charge on any atom is 0.255 e. The molecule has 0 aromatic heterocycles. The SMILES string of the molecule is CCC(Sc1cccc(NC(=O)c2ccccc2C)c1)C(=O)Nc1cccc(OC)c1. The Kier molecular flexibility index (Phi) is 7.73. The highest BCUT2D eigenvalue weighted by Crippen LogP contribution is 2.29. The van der Waals surface area contributed by atoms with Gasteiger partial charge in [0.1, 0.15) is 5.75 Å². The van der Waals surface area contributed by atoms with Gasteiger partial charge in [-0.2, -0.15) is 0 Å². The Balaban J connectivity index is 1.67. The van der Waals surface area contributed by atoms with Gasteiger partial charge in [-0.15, -0.1) is 11.8 Å². The summed E-state index contributed by atoms with van der Waals surface area (Å²) in [5.74, 6) is 0.466. The molecular formula is C25H26N2O3S. The summed E-state index contributed by atoms with van der Waals surface area (Å²) in [4.78, 5) is 26.3. The smallest absolute Gasteiger partial charge is 0.255 e. The minimum Gasteiger partial charge on any atom is -0.497 e. The number of benzene rings is 3. The fourth-order valence-electron chi connectivity index (χ4n) is 3.08. The highest BCUT2D eigenvalue weighted by molar-refractivity contribution is 8.00. The van der Waals surface area contributed by atoms with Crippen molar-refractivity contribution in [3.05, 3.63) is 83.9 Å². The molecule has 5 nitrogen and oxygen atoms in total. The van der Waals surface area contributed by atoms with Crippen molar-refractivity contribution >= 4 is 35.0 Å². The van der Waals surface area contributed by atoms with Gasteiger partial charge in [-0.05, 0) is 55.3 Å². The van der Waals surface area contributed by atoms with Gasteiger partial charge in [0.05, 0.1) is 12.4 Å². The van der Waals surface area contributed by atoms with Gasteiger partial charge < -0.3 is 15.4 Å². The maximum atomic E-state index is 12.8. The highest BCUT2D eigenvalue weighted by atomic mass is 32.2. The number of carbonyl (C=O) groups is 2. The number of hydrogen-bond acceptors (Lipinski definition) is 4. The summed E-state index contributed by atoms with van der Waals surface area (Å²) in [6.07, 6.45) is 0.667. The second-order valence-corrected chi connectivity index (χ2v) is 8.31. The molecule has 0 heterocycles. The Bertz CT molecular complexity index is 1070. The van der Waals surface area contributed by atoms with E-state index in [1.807, 2.05) is 74.5 Å². The minimum absolute atomic E-state index is 0.0740. The predicted molar refractivity (Wildman–Crippen MR) is 127 cm³/mol. The number of ether oxygens (including phenoxy) is 1. The molecule has 1 unspecified atom stereocenters. The fraction of sp³-hybridized carbons (Fsp3) is 0.200. The van der Waals surface area contributed by atoms with E-state index < -0.39 is 0 Å². The molecule has 0 saturated carbocycles. The molecule has 1 atom stereocenters. The van der Waals surface area contributed by atoms with E-state index in [2.05, 4.69) is 10.6 Å². The Labute approximate surface area is 187 Å². The largest absolute Gasteiger partial charge is 0.497 e. The van der Waals surface area contributed by atoms with Crippen LogP contribution in [0.1, 0.15) is 29.3 Å². The molecule has 3 aromatic carbocycles. The molecule has 3 aromatic rings. The van der Waals surface area contributed by atoms with E-state index in [9.17, 15) is 9.59 Å². The fourth-order valence-corrected chi connectivity index (χ4v) is 4.10. The number of thioether (sulfide) groups is 1. The normalized spacial score (nSPS) is 11.5. The van der Waals surface area contributed by atoms with Crippen molar-refractivity contribution in [1.29, 1.82) is 0 Å². The second kappa shape index (κ2) is 10.7. The third-order valence-electron chi connectivity index (χ3n) is 4.76. The van der Waals surface area contributed by atoms with Gasteiger partial charge in [-0.3, -0.25) is 9.59 Å². The molecule has 2 amide bonds. The average Bonchev–Trinajstić information content (AvgIpc) is 2.78. The first-order chi connectivity index (χ1) is 15.0. The van der Waals surface area contributed by atoms with E-state index in [1.54, 1.807) is 19.2 Å². The van der Waals surface area contributed by atoms with Crippen molar-refractivity contribution in [3.8, 4) is 5.75 Å². The number of nitrogens with one attached hydrogen (secondary N) is 2. The van der Waals surface area contributed by atoms with E-state index in [0.29, 0.717) is 29.1 Å². The van der Waals surface area contributed by atoms with Crippen LogP contribution in [0.4, 0.5) is 11.4 Å². The van der Waals surface area contributed by atoms with Gasteiger partial charge in [0.2, 0.25) is 5.91 Å². The lowest BCUT2D eigenvalue weighted by atomic mass is 10.1. The Hall–Kier alpha value is -3.25. The van der Waals surface area contributed by atoms with Crippen LogP contribution >= 0.6 is 11.8 Å². The Morgan fingerprint density at radius 2 is 1.65 bits per heavy atom. The Morgan fingerprint density at radius 3 is 2.35 bits per heavy atom. The molecule has 0 spiro atoms. The number of anilines is 2. The summed E-state index contributed by atoms with van der Waals surface area (Å²) < 4.78 is 5.21. The minimum atomic E-state index is -0.270. The van der Waals surface area contributed by atoms with Gasteiger partial charge >= 0.3 is 0 Å². The summed E-state index contributed by atoms with van der Waals surface area (Å²) in [7, 11) is 1.59. The number of amides is 2. The van der Waals surface area contributed by atoms with Crippen molar-refractivity contribution in [3.63, 3.8) is 0 Å². The number of carbonyl (C=O) groups excluding carboxylic acids is 2. The van der Waals surface area contributed by atoms with Crippen LogP contribution in [-0.2, 0) is 4.79 Å². The van der Waals surface area contributed by atoms with Crippen molar-refractivity contribution in [2.75, 3.05) is 17.7 Å². The second-order valence-electron chi connectivity index (χ2n) is 7.03. The van der Waals surface area contributed by atoms with Crippen LogP contribution in [0.5, 0.6) is 5.75 Å². The summed E-state index contributed by atoms with van der Waals surface area (Å²) in [5, 5.41) is 5.63. The van der Waals surface area contributed by atoms with E-state index in [-0.39, 0.29) is 17.1 Å². The van der Waals surface area contributed by atoms with Crippen molar-refractivity contribution < 1.29 is 14.3 Å². The predicted octanol–water partition coefficient (Wildman–Crippen LogP) is 5.77. The monoisotopic (exact) mass is 434 g/mol. The molecule has 0 aliphatic rings. The summed E-state index contributed by atoms with van der Waals surface area (Å²) in [6.45, 7) is 3.89. The quantitative estimate of drug-likeness (QED) is 0.442. The van der Waals surface area contributed by atoms with Crippen LogP contribution in [0.25, 0.3) is 0 Å². The topological polar surface area (TPSA) is 67.4 Å². The van der Waals surface area contributed by atoms with Crippen LogP contribution in [-0.4, -0.2) is 24.2 Å². The van der Waals surface area contributed by atoms with Crippen LogP contribution in [0.2, 0.25) is 0 Å². The molecule has 160 valence electrons. The van der Waals surface area contributed by atoms with E-state index >= 15 is 0 Å². The molecule has 0 bridgehead atoms. The van der Waals surface area contributed by atoms with E-state index in [4.69, 9.17) is 4.74 Å². The number of methoxy groups -OCH3 is 1. The molecule has 2 N–H and O–H groups in total. The molecule has 0 saturated heterocycles. The third kappa shape index (κ3) is 6.12. The number of rotatable bonds is 8. The van der Waals surface area contributed by atoms with Gasteiger partial charge in [0.15, 0.2) is 0 Å². The van der Waals surface area contributed by atoms with Crippen LogP contribution in [0.15, 0.2) is 77.7 Å². The molecule has 0 aliphatic heterocycles. The van der Waals surface area contributed by atoms with Crippen molar-refractivity contribution in [2.24, 2.45) is 0 Å². The number of hydrogen-bond donors (Lipinski definition) is 2.